The zero-order valence-corrected chi connectivity index (χ0v) is 14.3. The summed E-state index contributed by atoms with van der Waals surface area (Å²) in [5.74, 6) is -0.644. The normalized spacial score (nSPS) is 24.0. The van der Waals surface area contributed by atoms with E-state index in [9.17, 15) is 18.0 Å². The molecule has 124 valence electrons. The summed E-state index contributed by atoms with van der Waals surface area (Å²) in [5.41, 5.74) is 0.797. The summed E-state index contributed by atoms with van der Waals surface area (Å²) in [6.07, 6.45) is 0.767. The zero-order valence-electron chi connectivity index (χ0n) is 13.4. The second kappa shape index (κ2) is 5.06. The number of nitrogens with zero attached hydrogens (tertiary/aromatic N) is 2. The van der Waals surface area contributed by atoms with E-state index in [-0.39, 0.29) is 22.8 Å². The van der Waals surface area contributed by atoms with Crippen molar-refractivity contribution in [2.45, 2.75) is 44.6 Å². The van der Waals surface area contributed by atoms with Crippen LogP contribution in [0.1, 0.15) is 32.3 Å². The van der Waals surface area contributed by atoms with Crippen molar-refractivity contribution >= 4 is 22.0 Å². The largest absolute Gasteiger partial charge is 0.341 e. The van der Waals surface area contributed by atoms with Crippen LogP contribution in [0.4, 0.5) is 4.79 Å². The molecule has 0 spiro atoms. The summed E-state index contributed by atoms with van der Waals surface area (Å²) in [4.78, 5) is 26.5. The lowest BCUT2D eigenvalue weighted by Gasteiger charge is -2.35. The monoisotopic (exact) mass is 336 g/mol. The average molecular weight is 336 g/mol. The summed E-state index contributed by atoms with van der Waals surface area (Å²) in [6.45, 7) is 6.33. The standard InChI is InChI=1S/C16H20N2O4S/c1-11-4-6-13(7-5-11)23(21,22)18-14(19)8-12-9-16(2,3)10-17(12)15(18)20/h4-7,12H,8-10H2,1-3H3/t12-/m1/s1. The lowest BCUT2D eigenvalue weighted by atomic mass is 9.90. The zero-order chi connectivity index (χ0) is 17.0. The molecule has 0 unspecified atom stereocenters. The van der Waals surface area contributed by atoms with Crippen LogP contribution in [0.5, 0.6) is 0 Å². The van der Waals surface area contributed by atoms with Gasteiger partial charge in [-0.15, -0.1) is 0 Å². The lowest BCUT2D eigenvalue weighted by Crippen LogP contribution is -2.56. The van der Waals surface area contributed by atoms with Crippen LogP contribution in [0.25, 0.3) is 0 Å². The van der Waals surface area contributed by atoms with Crippen molar-refractivity contribution < 1.29 is 18.0 Å². The number of rotatable bonds is 2. The molecule has 2 heterocycles. The van der Waals surface area contributed by atoms with E-state index in [0.29, 0.717) is 17.3 Å². The second-order valence-corrected chi connectivity index (χ2v) is 8.90. The number of sulfonamides is 1. The van der Waals surface area contributed by atoms with Crippen LogP contribution in [0.2, 0.25) is 0 Å². The average Bonchev–Trinajstić information content (AvgIpc) is 2.73. The van der Waals surface area contributed by atoms with Crippen LogP contribution in [-0.4, -0.2) is 42.1 Å². The third-order valence-electron chi connectivity index (χ3n) is 4.44. The Labute approximate surface area is 136 Å². The highest BCUT2D eigenvalue weighted by Gasteiger charge is 2.51. The van der Waals surface area contributed by atoms with Gasteiger partial charge in [0.1, 0.15) is 0 Å². The van der Waals surface area contributed by atoms with Crippen molar-refractivity contribution in [2.75, 3.05) is 6.54 Å². The topological polar surface area (TPSA) is 74.8 Å². The summed E-state index contributed by atoms with van der Waals surface area (Å²) < 4.78 is 25.9. The van der Waals surface area contributed by atoms with Crippen molar-refractivity contribution in [3.05, 3.63) is 29.8 Å². The molecule has 3 amide bonds. The van der Waals surface area contributed by atoms with Crippen molar-refractivity contribution in [3.8, 4) is 0 Å². The molecule has 1 atom stereocenters. The molecular weight excluding hydrogens is 316 g/mol. The number of urea groups is 1. The number of hydrogen-bond acceptors (Lipinski definition) is 4. The Bertz CT molecular complexity index is 768. The second-order valence-electron chi connectivity index (χ2n) is 7.11. The minimum absolute atomic E-state index is 0.0401. The molecule has 0 saturated carbocycles. The Morgan fingerprint density at radius 2 is 1.74 bits per heavy atom. The summed E-state index contributed by atoms with van der Waals surface area (Å²) >= 11 is 0. The predicted molar refractivity (Wildman–Crippen MR) is 84.1 cm³/mol. The van der Waals surface area contributed by atoms with E-state index in [2.05, 4.69) is 0 Å². The third-order valence-corrected chi connectivity index (χ3v) is 6.15. The van der Waals surface area contributed by atoms with Gasteiger partial charge < -0.3 is 4.90 Å². The fourth-order valence-corrected chi connectivity index (χ4v) is 4.71. The highest BCUT2D eigenvalue weighted by atomic mass is 32.2. The highest BCUT2D eigenvalue weighted by molar-refractivity contribution is 7.90. The maximum atomic E-state index is 12.7. The number of imide groups is 1. The van der Waals surface area contributed by atoms with Crippen molar-refractivity contribution in [3.63, 3.8) is 0 Å². The molecule has 2 aliphatic heterocycles. The molecule has 0 N–H and O–H groups in total. The smallest absolute Gasteiger partial charge is 0.319 e. The highest BCUT2D eigenvalue weighted by Crippen LogP contribution is 2.39. The molecule has 2 fully saturated rings. The van der Waals surface area contributed by atoms with E-state index < -0.39 is 22.0 Å². The molecule has 23 heavy (non-hydrogen) atoms. The van der Waals surface area contributed by atoms with Crippen LogP contribution >= 0.6 is 0 Å². The van der Waals surface area contributed by atoms with Gasteiger partial charge in [0.15, 0.2) is 0 Å². The number of fused-ring (bicyclic) bond motifs is 1. The molecule has 0 bridgehead atoms. The Morgan fingerprint density at radius 1 is 1.13 bits per heavy atom. The van der Waals surface area contributed by atoms with Crippen LogP contribution in [0.15, 0.2) is 29.2 Å². The number of carbonyl (C=O) groups excluding carboxylic acids is 2. The Hall–Kier alpha value is -1.89. The van der Waals surface area contributed by atoms with E-state index in [1.807, 2.05) is 20.8 Å². The summed E-state index contributed by atoms with van der Waals surface area (Å²) in [5, 5.41) is 0. The number of carbonyl (C=O) groups is 2. The van der Waals surface area contributed by atoms with Crippen LogP contribution in [0, 0.1) is 12.3 Å². The number of hydrogen-bond donors (Lipinski definition) is 0. The SMILES string of the molecule is Cc1ccc(S(=O)(=O)N2C(=O)C[C@@H]3CC(C)(C)CN3C2=O)cc1. The first-order chi connectivity index (χ1) is 10.6. The van der Waals surface area contributed by atoms with Gasteiger partial charge in [-0.05, 0) is 30.9 Å². The maximum absolute atomic E-state index is 12.7. The quantitative estimate of drug-likeness (QED) is 0.829. The van der Waals surface area contributed by atoms with E-state index >= 15 is 0 Å². The first-order valence-corrected chi connectivity index (χ1v) is 9.01. The van der Waals surface area contributed by atoms with Gasteiger partial charge in [0.2, 0.25) is 5.91 Å². The Kier molecular flexibility index (Phi) is 3.51. The van der Waals surface area contributed by atoms with E-state index in [4.69, 9.17) is 0 Å². The van der Waals surface area contributed by atoms with Crippen molar-refractivity contribution in [2.24, 2.45) is 5.41 Å². The maximum Gasteiger partial charge on any atom is 0.341 e. The molecular formula is C16H20N2O4S. The van der Waals surface area contributed by atoms with Crippen molar-refractivity contribution in [1.29, 1.82) is 0 Å². The van der Waals surface area contributed by atoms with Gasteiger partial charge in [-0.2, -0.15) is 4.31 Å². The van der Waals surface area contributed by atoms with Gasteiger partial charge >= 0.3 is 6.03 Å². The van der Waals surface area contributed by atoms with E-state index in [0.717, 1.165) is 5.56 Å². The molecule has 1 aromatic rings. The molecule has 3 rings (SSSR count). The number of amides is 3. The van der Waals surface area contributed by atoms with Gasteiger partial charge in [-0.1, -0.05) is 31.5 Å². The number of aryl methyl sites for hydroxylation is 1. The van der Waals surface area contributed by atoms with Gasteiger partial charge in [-0.25, -0.2) is 13.2 Å². The van der Waals surface area contributed by atoms with Gasteiger partial charge in [-0.3, -0.25) is 4.79 Å². The molecule has 1 aromatic carbocycles. The lowest BCUT2D eigenvalue weighted by molar-refractivity contribution is -0.127. The fraction of sp³-hybridized carbons (Fsp3) is 0.500. The van der Waals surface area contributed by atoms with Gasteiger partial charge in [0.25, 0.3) is 10.0 Å². The predicted octanol–water partition coefficient (Wildman–Crippen LogP) is 2.14. The van der Waals surface area contributed by atoms with Crippen LogP contribution in [-0.2, 0) is 14.8 Å². The molecule has 0 radical (unpaired) electrons. The Morgan fingerprint density at radius 3 is 2.35 bits per heavy atom. The molecule has 6 nitrogen and oxygen atoms in total. The molecule has 7 heteroatoms. The molecule has 2 saturated heterocycles. The third kappa shape index (κ3) is 2.63. The first-order valence-electron chi connectivity index (χ1n) is 7.57. The van der Waals surface area contributed by atoms with Gasteiger partial charge in [0, 0.05) is 19.0 Å². The van der Waals surface area contributed by atoms with Crippen LogP contribution < -0.4 is 0 Å². The van der Waals surface area contributed by atoms with E-state index in [1.54, 1.807) is 12.1 Å². The summed E-state index contributed by atoms with van der Waals surface area (Å²) in [7, 11) is -4.16. The summed E-state index contributed by atoms with van der Waals surface area (Å²) in [6, 6.07) is 5.21. The first kappa shape index (κ1) is 16.0. The Balaban J connectivity index is 1.97. The molecule has 0 aliphatic carbocycles. The minimum Gasteiger partial charge on any atom is -0.319 e. The van der Waals surface area contributed by atoms with Crippen molar-refractivity contribution in [1.82, 2.24) is 9.21 Å². The molecule has 2 aliphatic rings. The fourth-order valence-electron chi connectivity index (χ4n) is 3.37. The van der Waals surface area contributed by atoms with Crippen LogP contribution in [0.3, 0.4) is 0 Å². The van der Waals surface area contributed by atoms with E-state index in [1.165, 1.54) is 17.0 Å². The number of benzene rings is 1. The van der Waals surface area contributed by atoms with Gasteiger partial charge in [0.05, 0.1) is 4.90 Å². The molecule has 0 aromatic heterocycles. The minimum atomic E-state index is -4.16.